The third-order valence-corrected chi connectivity index (χ3v) is 6.51. The van der Waals surface area contributed by atoms with Gasteiger partial charge < -0.3 is 49.1 Å². The van der Waals surface area contributed by atoms with Crippen molar-refractivity contribution >= 4 is 23.9 Å². The third kappa shape index (κ3) is 10.2. The molecular formula is C31H20Na4O10. The van der Waals surface area contributed by atoms with E-state index >= 15 is 0 Å². The molecule has 0 fully saturated rings. The van der Waals surface area contributed by atoms with Gasteiger partial charge in [-0.3, -0.25) is 0 Å². The molecule has 4 aromatic carbocycles. The predicted octanol–water partition coefficient (Wildman–Crippen LogP) is -10.9. The van der Waals surface area contributed by atoms with E-state index in [1.54, 1.807) is 48.5 Å². The van der Waals surface area contributed by atoms with E-state index < -0.39 is 51.5 Å². The van der Waals surface area contributed by atoms with Crippen LogP contribution in [0.15, 0.2) is 84.9 Å². The fourth-order valence-corrected chi connectivity index (χ4v) is 4.29. The molecule has 0 atom stereocenters. The molecule has 0 saturated carbocycles. The molecule has 0 aliphatic carbocycles. The summed E-state index contributed by atoms with van der Waals surface area (Å²) in [4.78, 5) is 45.7. The Bertz CT molecular complexity index is 1550. The molecule has 0 heterocycles. The van der Waals surface area contributed by atoms with Crippen molar-refractivity contribution in [1.82, 2.24) is 0 Å². The average Bonchev–Trinajstić information content (AvgIpc) is 2.93. The van der Waals surface area contributed by atoms with Crippen LogP contribution in [0.5, 0.6) is 23.0 Å². The molecule has 45 heavy (non-hydrogen) atoms. The van der Waals surface area contributed by atoms with Crippen LogP contribution in [0.1, 0.15) is 66.4 Å². The standard InChI is InChI=1S/C31H24O10.4Na/c1-31(2,17-9-13-19(14-10-17)40-23-7-3-5-21(27(32)33)25(23)29(36)37)18-11-15-20(16-12-18)41-24-8-4-6-22(28(34)35)26(24)30(38)39;;;;/h3-16H,1-2H3,(H,32,33)(H,34,35)(H,36,37)(H,38,39);;;;/q;4*+1/p-4. The second-order valence-corrected chi connectivity index (χ2v) is 9.39. The average molecular weight is 644 g/mol. The SMILES string of the molecule is CC(C)(c1ccc(Oc2cccc(C(=O)[O-])c2C(=O)[O-])cc1)c1ccc(Oc2cccc(C(=O)[O-])c2C(=O)[O-])cc1.[Na+].[Na+].[Na+].[Na+]. The van der Waals surface area contributed by atoms with Crippen molar-refractivity contribution in [3.05, 3.63) is 118 Å². The molecule has 0 aliphatic rings. The van der Waals surface area contributed by atoms with Gasteiger partial charge in [-0.15, -0.1) is 0 Å². The molecule has 208 valence electrons. The van der Waals surface area contributed by atoms with Crippen LogP contribution in [-0.4, -0.2) is 23.9 Å². The van der Waals surface area contributed by atoms with E-state index in [0.29, 0.717) is 0 Å². The summed E-state index contributed by atoms with van der Waals surface area (Å²) in [5.74, 6) is -6.67. The number of carboxylic acids is 4. The molecule has 4 rings (SSSR count). The molecule has 0 amide bonds. The normalized spacial score (nSPS) is 10.0. The van der Waals surface area contributed by atoms with E-state index in [-0.39, 0.29) is 141 Å². The first kappa shape index (κ1) is 43.4. The van der Waals surface area contributed by atoms with Crippen molar-refractivity contribution in [1.29, 1.82) is 0 Å². The summed E-state index contributed by atoms with van der Waals surface area (Å²) in [6, 6.07) is 20.9. The van der Waals surface area contributed by atoms with Crippen LogP contribution < -0.4 is 148 Å². The van der Waals surface area contributed by atoms with Gasteiger partial charge in [0.15, 0.2) is 0 Å². The maximum absolute atomic E-state index is 11.5. The number of carboxylic acid groups (broad SMARTS) is 4. The Hall–Kier alpha value is -1.64. The van der Waals surface area contributed by atoms with Gasteiger partial charge in [-0.1, -0.05) is 62.4 Å². The summed E-state index contributed by atoms with van der Waals surface area (Å²) in [6.45, 7) is 3.90. The first-order chi connectivity index (χ1) is 19.4. The number of ether oxygens (including phenoxy) is 2. The Morgan fingerprint density at radius 2 is 0.800 bits per heavy atom. The first-order valence-electron chi connectivity index (χ1n) is 12.1. The molecule has 0 unspecified atom stereocenters. The molecule has 0 saturated heterocycles. The van der Waals surface area contributed by atoms with Crippen molar-refractivity contribution in [2.45, 2.75) is 19.3 Å². The number of carbonyl (C=O) groups excluding carboxylic acids is 4. The maximum Gasteiger partial charge on any atom is 1.00 e. The van der Waals surface area contributed by atoms with Crippen LogP contribution in [0.3, 0.4) is 0 Å². The monoisotopic (exact) mass is 644 g/mol. The molecular weight excluding hydrogens is 624 g/mol. The fourth-order valence-electron chi connectivity index (χ4n) is 4.29. The van der Waals surface area contributed by atoms with Crippen LogP contribution >= 0.6 is 0 Å². The van der Waals surface area contributed by atoms with E-state index in [4.69, 9.17) is 9.47 Å². The minimum absolute atomic E-state index is 0. The largest absolute Gasteiger partial charge is 1.00 e. The van der Waals surface area contributed by atoms with Gasteiger partial charge in [0.1, 0.15) is 23.0 Å². The van der Waals surface area contributed by atoms with Crippen molar-refractivity contribution in [2.75, 3.05) is 0 Å². The Balaban J connectivity index is 0.00000484. The second-order valence-electron chi connectivity index (χ2n) is 9.39. The van der Waals surface area contributed by atoms with Gasteiger partial charge in [0.25, 0.3) is 0 Å². The van der Waals surface area contributed by atoms with Crippen molar-refractivity contribution in [3.63, 3.8) is 0 Å². The summed E-state index contributed by atoms with van der Waals surface area (Å²) < 4.78 is 11.3. The molecule has 4 aromatic rings. The minimum atomic E-state index is -1.72. The fraction of sp³-hybridized carbons (Fsp3) is 0.0968. The predicted molar refractivity (Wildman–Crippen MR) is 135 cm³/mol. The molecule has 0 bridgehead atoms. The van der Waals surface area contributed by atoms with Crippen LogP contribution in [-0.2, 0) is 5.41 Å². The van der Waals surface area contributed by atoms with Gasteiger partial charge in [0, 0.05) is 27.7 Å². The zero-order valence-corrected chi connectivity index (χ0v) is 33.7. The van der Waals surface area contributed by atoms with Gasteiger partial charge >= 0.3 is 118 Å². The van der Waals surface area contributed by atoms with Crippen LogP contribution in [0.4, 0.5) is 0 Å². The van der Waals surface area contributed by atoms with Gasteiger partial charge in [-0.25, -0.2) is 0 Å². The minimum Gasteiger partial charge on any atom is -0.545 e. The Kier molecular flexibility index (Phi) is 18.0. The molecule has 0 radical (unpaired) electrons. The molecule has 0 spiro atoms. The Morgan fingerprint density at radius 3 is 1.07 bits per heavy atom. The van der Waals surface area contributed by atoms with Crippen molar-refractivity contribution in [3.8, 4) is 23.0 Å². The smallest absolute Gasteiger partial charge is 0.545 e. The molecule has 10 nitrogen and oxygen atoms in total. The van der Waals surface area contributed by atoms with Crippen LogP contribution in [0.2, 0.25) is 0 Å². The van der Waals surface area contributed by atoms with Gasteiger partial charge in [0.05, 0.1) is 23.9 Å². The molecule has 14 heteroatoms. The zero-order chi connectivity index (χ0) is 29.9. The molecule has 0 N–H and O–H groups in total. The van der Waals surface area contributed by atoms with E-state index in [9.17, 15) is 39.6 Å². The van der Waals surface area contributed by atoms with Gasteiger partial charge in [0.2, 0.25) is 0 Å². The van der Waals surface area contributed by atoms with Crippen molar-refractivity contribution in [2.24, 2.45) is 0 Å². The van der Waals surface area contributed by atoms with Crippen molar-refractivity contribution < 1.29 is 167 Å². The number of benzene rings is 4. The Labute approximate surface area is 347 Å². The number of hydrogen-bond acceptors (Lipinski definition) is 10. The molecule has 0 aliphatic heterocycles. The van der Waals surface area contributed by atoms with E-state index in [1.165, 1.54) is 24.3 Å². The summed E-state index contributed by atoms with van der Waals surface area (Å²) in [5.41, 5.74) is -1.22. The second kappa shape index (κ2) is 18.6. The van der Waals surface area contributed by atoms with E-state index in [2.05, 4.69) is 0 Å². The van der Waals surface area contributed by atoms with Crippen LogP contribution in [0, 0.1) is 0 Å². The maximum atomic E-state index is 11.5. The quantitative estimate of drug-likeness (QED) is 0.151. The van der Waals surface area contributed by atoms with E-state index in [0.717, 1.165) is 23.3 Å². The summed E-state index contributed by atoms with van der Waals surface area (Å²) >= 11 is 0. The summed E-state index contributed by atoms with van der Waals surface area (Å²) in [7, 11) is 0. The Morgan fingerprint density at radius 1 is 0.489 bits per heavy atom. The van der Waals surface area contributed by atoms with Gasteiger partial charge in [-0.2, -0.15) is 0 Å². The number of aromatic carboxylic acids is 4. The topological polar surface area (TPSA) is 179 Å². The van der Waals surface area contributed by atoms with Gasteiger partial charge in [-0.05, 0) is 47.5 Å². The molecule has 0 aromatic heterocycles. The number of rotatable bonds is 10. The van der Waals surface area contributed by atoms with Crippen LogP contribution in [0.25, 0.3) is 0 Å². The third-order valence-electron chi connectivity index (χ3n) is 6.51. The number of carbonyl (C=O) groups is 4. The summed E-state index contributed by atoms with van der Waals surface area (Å²) in [5, 5.41) is 45.7. The van der Waals surface area contributed by atoms with E-state index in [1.807, 2.05) is 13.8 Å². The zero-order valence-electron chi connectivity index (χ0n) is 25.7. The number of hydrogen-bond donors (Lipinski definition) is 0. The first-order valence-corrected chi connectivity index (χ1v) is 12.1. The summed E-state index contributed by atoms with van der Waals surface area (Å²) in [6.07, 6.45) is 0.